The maximum Gasteiger partial charge on any atom is 0.273 e. The minimum Gasteiger partial charge on any atom is -0.350 e. The number of carbonyl (C=O) groups excluding carboxylic acids is 2. The molecule has 160 valence electrons. The lowest BCUT2D eigenvalue weighted by Crippen LogP contribution is -2.52. The van der Waals surface area contributed by atoms with Gasteiger partial charge in [-0.25, -0.2) is 0 Å². The first-order valence-electron chi connectivity index (χ1n) is 9.87. The van der Waals surface area contributed by atoms with E-state index in [9.17, 15) is 19.7 Å². The van der Waals surface area contributed by atoms with Gasteiger partial charge in [-0.05, 0) is 40.2 Å². The highest BCUT2D eigenvalue weighted by atomic mass is 16.6. The Kier molecular flexibility index (Phi) is 7.32. The molecule has 0 spiro atoms. The molecule has 0 radical (unpaired) electrons. The van der Waals surface area contributed by atoms with Crippen LogP contribution in [-0.2, 0) is 22.6 Å². The van der Waals surface area contributed by atoms with Crippen LogP contribution in [-0.4, -0.2) is 33.2 Å². The third-order valence-corrected chi connectivity index (χ3v) is 4.67. The van der Waals surface area contributed by atoms with Gasteiger partial charge in [-0.1, -0.05) is 48.0 Å². The van der Waals surface area contributed by atoms with Crippen LogP contribution in [0.4, 0.5) is 5.69 Å². The van der Waals surface area contributed by atoms with Crippen LogP contribution in [0.1, 0.15) is 44.4 Å². The van der Waals surface area contributed by atoms with Gasteiger partial charge in [0.2, 0.25) is 11.8 Å². The van der Waals surface area contributed by atoms with Gasteiger partial charge < -0.3 is 10.2 Å². The molecule has 7 heteroatoms. The fraction of sp³-hybridized carbons (Fsp3) is 0.391. The Labute approximate surface area is 177 Å². The number of nitrogens with one attached hydrogen (secondary N) is 1. The first-order valence-corrected chi connectivity index (χ1v) is 9.87. The van der Waals surface area contributed by atoms with Gasteiger partial charge in [0.1, 0.15) is 6.04 Å². The SMILES string of the molecule is Cc1ccc(CN(C(=O)Cc2ccccc2[N+](=O)[O-])C(C)C(=O)NC(C)(C)C)cc1. The molecule has 1 atom stereocenters. The normalized spacial score (nSPS) is 12.2. The van der Waals surface area contributed by atoms with E-state index < -0.39 is 16.5 Å². The number of hydrogen-bond donors (Lipinski definition) is 1. The minimum atomic E-state index is -0.735. The maximum absolute atomic E-state index is 13.2. The molecule has 2 rings (SSSR count). The molecule has 2 amide bonds. The summed E-state index contributed by atoms with van der Waals surface area (Å²) >= 11 is 0. The third-order valence-electron chi connectivity index (χ3n) is 4.67. The van der Waals surface area contributed by atoms with Crippen molar-refractivity contribution in [2.24, 2.45) is 0 Å². The van der Waals surface area contributed by atoms with Crippen LogP contribution in [0.2, 0.25) is 0 Å². The predicted molar refractivity (Wildman–Crippen MR) is 116 cm³/mol. The van der Waals surface area contributed by atoms with Crippen molar-refractivity contribution in [3.05, 3.63) is 75.3 Å². The Bertz CT molecular complexity index is 917. The van der Waals surface area contributed by atoms with Crippen LogP contribution >= 0.6 is 0 Å². The van der Waals surface area contributed by atoms with Gasteiger partial charge in [0, 0.05) is 23.7 Å². The van der Waals surface area contributed by atoms with E-state index in [0.29, 0.717) is 5.56 Å². The lowest BCUT2D eigenvalue weighted by atomic mass is 10.1. The molecule has 7 nitrogen and oxygen atoms in total. The van der Waals surface area contributed by atoms with Gasteiger partial charge in [-0.15, -0.1) is 0 Å². The molecule has 0 fully saturated rings. The van der Waals surface area contributed by atoms with Gasteiger partial charge in [0.15, 0.2) is 0 Å². The summed E-state index contributed by atoms with van der Waals surface area (Å²) < 4.78 is 0. The van der Waals surface area contributed by atoms with Crippen LogP contribution in [0.5, 0.6) is 0 Å². The molecule has 0 saturated carbocycles. The Morgan fingerprint density at radius 1 is 1.10 bits per heavy atom. The smallest absolute Gasteiger partial charge is 0.273 e. The minimum absolute atomic E-state index is 0.104. The third kappa shape index (κ3) is 6.40. The highest BCUT2D eigenvalue weighted by molar-refractivity contribution is 5.88. The van der Waals surface area contributed by atoms with E-state index in [1.807, 2.05) is 52.0 Å². The molecule has 0 aliphatic heterocycles. The maximum atomic E-state index is 13.2. The average Bonchev–Trinajstić information content (AvgIpc) is 2.65. The summed E-state index contributed by atoms with van der Waals surface area (Å²) in [5.41, 5.74) is 1.75. The number of benzene rings is 2. The number of nitro benzene ring substituents is 1. The van der Waals surface area contributed by atoms with Crippen molar-refractivity contribution in [2.75, 3.05) is 0 Å². The molecule has 0 bridgehead atoms. The molecule has 1 N–H and O–H groups in total. The van der Waals surface area contributed by atoms with E-state index in [4.69, 9.17) is 0 Å². The number of nitrogens with zero attached hydrogens (tertiary/aromatic N) is 2. The topological polar surface area (TPSA) is 92.6 Å². The zero-order chi connectivity index (χ0) is 22.5. The second kappa shape index (κ2) is 9.52. The van der Waals surface area contributed by atoms with Gasteiger partial charge in [-0.2, -0.15) is 0 Å². The molecule has 0 aliphatic carbocycles. The Balaban J connectivity index is 2.32. The second-order valence-electron chi connectivity index (χ2n) is 8.49. The summed E-state index contributed by atoms with van der Waals surface area (Å²) in [5, 5.41) is 14.2. The number of para-hydroxylation sites is 1. The quantitative estimate of drug-likeness (QED) is 0.554. The zero-order valence-electron chi connectivity index (χ0n) is 18.1. The van der Waals surface area contributed by atoms with E-state index in [1.54, 1.807) is 25.1 Å². The van der Waals surface area contributed by atoms with Crippen molar-refractivity contribution in [3.63, 3.8) is 0 Å². The fourth-order valence-electron chi connectivity index (χ4n) is 3.05. The second-order valence-corrected chi connectivity index (χ2v) is 8.49. The molecule has 1 unspecified atom stereocenters. The summed E-state index contributed by atoms with van der Waals surface area (Å²) in [6.07, 6.45) is -0.157. The number of carbonyl (C=O) groups is 2. The monoisotopic (exact) mass is 411 g/mol. The molecule has 30 heavy (non-hydrogen) atoms. The standard InChI is InChI=1S/C23H29N3O4/c1-16-10-12-18(13-11-16)15-25(17(2)22(28)24-23(3,4)5)21(27)14-19-8-6-7-9-20(19)26(29)30/h6-13,17H,14-15H2,1-5H3,(H,24,28). The first kappa shape index (κ1) is 23.1. The highest BCUT2D eigenvalue weighted by Crippen LogP contribution is 2.20. The lowest BCUT2D eigenvalue weighted by molar-refractivity contribution is -0.385. The number of rotatable bonds is 7. The van der Waals surface area contributed by atoms with Crippen LogP contribution in [0, 0.1) is 17.0 Å². The number of aryl methyl sites for hydroxylation is 1. The summed E-state index contributed by atoms with van der Waals surface area (Å²) in [5.74, 6) is -0.619. The summed E-state index contributed by atoms with van der Waals surface area (Å²) in [6, 6.07) is 13.2. The summed E-state index contributed by atoms with van der Waals surface area (Å²) in [4.78, 5) is 38.2. The van der Waals surface area contributed by atoms with Crippen LogP contribution in [0.25, 0.3) is 0 Å². The van der Waals surface area contributed by atoms with E-state index >= 15 is 0 Å². The highest BCUT2D eigenvalue weighted by Gasteiger charge is 2.29. The zero-order valence-corrected chi connectivity index (χ0v) is 18.1. The average molecular weight is 412 g/mol. The summed E-state index contributed by atoms with van der Waals surface area (Å²) in [7, 11) is 0. The molecule has 0 aliphatic rings. The summed E-state index contributed by atoms with van der Waals surface area (Å²) in [6.45, 7) is 9.50. The van der Waals surface area contributed by atoms with Gasteiger partial charge >= 0.3 is 0 Å². The van der Waals surface area contributed by atoms with Crippen molar-refractivity contribution in [3.8, 4) is 0 Å². The van der Waals surface area contributed by atoms with E-state index in [-0.39, 0.29) is 30.5 Å². The van der Waals surface area contributed by atoms with Crippen molar-refractivity contribution in [1.29, 1.82) is 0 Å². The van der Waals surface area contributed by atoms with Crippen LogP contribution < -0.4 is 5.32 Å². The van der Waals surface area contributed by atoms with Crippen LogP contribution in [0.15, 0.2) is 48.5 Å². The van der Waals surface area contributed by atoms with Crippen molar-refractivity contribution >= 4 is 17.5 Å². The fourth-order valence-corrected chi connectivity index (χ4v) is 3.05. The molecule has 0 aromatic heterocycles. The van der Waals surface area contributed by atoms with Crippen LogP contribution in [0.3, 0.4) is 0 Å². The number of amides is 2. The Hall–Kier alpha value is -3.22. The van der Waals surface area contributed by atoms with E-state index in [1.165, 1.54) is 11.0 Å². The predicted octanol–water partition coefficient (Wildman–Crippen LogP) is 3.78. The van der Waals surface area contributed by atoms with E-state index in [2.05, 4.69) is 5.32 Å². The van der Waals surface area contributed by atoms with Crippen molar-refractivity contribution < 1.29 is 14.5 Å². The molecule has 2 aromatic carbocycles. The molecular weight excluding hydrogens is 382 g/mol. The first-order chi connectivity index (χ1) is 14.0. The largest absolute Gasteiger partial charge is 0.350 e. The molecular formula is C23H29N3O4. The van der Waals surface area contributed by atoms with Gasteiger partial charge in [0.25, 0.3) is 5.69 Å². The molecule has 0 heterocycles. The van der Waals surface area contributed by atoms with Crippen molar-refractivity contribution in [2.45, 2.75) is 59.2 Å². The number of hydrogen-bond acceptors (Lipinski definition) is 4. The Morgan fingerprint density at radius 3 is 2.27 bits per heavy atom. The Morgan fingerprint density at radius 2 is 1.70 bits per heavy atom. The number of nitro groups is 1. The van der Waals surface area contributed by atoms with E-state index in [0.717, 1.165) is 11.1 Å². The van der Waals surface area contributed by atoms with Gasteiger partial charge in [-0.3, -0.25) is 19.7 Å². The lowest BCUT2D eigenvalue weighted by Gasteiger charge is -2.31. The van der Waals surface area contributed by atoms with Gasteiger partial charge in [0.05, 0.1) is 11.3 Å². The molecule has 2 aromatic rings. The molecule has 0 saturated heterocycles. The van der Waals surface area contributed by atoms with Crippen molar-refractivity contribution in [1.82, 2.24) is 10.2 Å².